The molecule has 0 saturated heterocycles. The topological polar surface area (TPSA) is 15.3 Å². The molecule has 0 aromatic rings. The normalized spacial score (nSPS) is 14.8. The van der Waals surface area contributed by atoms with Crippen LogP contribution in [0.3, 0.4) is 0 Å². The number of nitrogens with zero attached hydrogens (tertiary/aromatic N) is 1. The minimum atomic E-state index is -4.12. The number of rotatable bonds is 8. The van der Waals surface area contributed by atoms with Crippen LogP contribution < -0.4 is 5.32 Å². The summed E-state index contributed by atoms with van der Waals surface area (Å²) in [5.74, 6) is 0.780. The Bertz CT molecular complexity index is 215. The Morgan fingerprint density at radius 3 is 1.94 bits per heavy atom. The molecule has 18 heavy (non-hydrogen) atoms. The highest BCUT2D eigenvalue weighted by molar-refractivity contribution is 4.71. The Balaban J connectivity index is 4.08. The van der Waals surface area contributed by atoms with E-state index in [-0.39, 0.29) is 12.0 Å². The van der Waals surface area contributed by atoms with Gasteiger partial charge in [0.05, 0.1) is 6.54 Å². The predicted octanol–water partition coefficient (Wildman–Crippen LogP) is 3.14. The Morgan fingerprint density at radius 1 is 1.00 bits per heavy atom. The molecule has 0 aromatic carbocycles. The van der Waals surface area contributed by atoms with Crippen molar-refractivity contribution in [2.75, 3.05) is 26.2 Å². The minimum absolute atomic E-state index is 0.0841. The van der Waals surface area contributed by atoms with Gasteiger partial charge in [-0.05, 0) is 38.8 Å². The van der Waals surface area contributed by atoms with Crippen molar-refractivity contribution in [1.29, 1.82) is 0 Å². The summed E-state index contributed by atoms with van der Waals surface area (Å²) < 4.78 is 37.3. The van der Waals surface area contributed by atoms with Gasteiger partial charge in [-0.1, -0.05) is 20.8 Å². The Hall–Kier alpha value is -0.290. The lowest BCUT2D eigenvalue weighted by atomic mass is 10.1. The molecule has 0 rings (SSSR count). The van der Waals surface area contributed by atoms with Crippen LogP contribution in [0.4, 0.5) is 13.2 Å². The fourth-order valence-electron chi connectivity index (χ4n) is 1.77. The maximum absolute atomic E-state index is 12.4. The van der Waals surface area contributed by atoms with E-state index in [2.05, 4.69) is 19.2 Å². The van der Waals surface area contributed by atoms with Crippen LogP contribution in [-0.2, 0) is 0 Å². The van der Waals surface area contributed by atoms with E-state index in [1.165, 1.54) is 4.90 Å². The van der Waals surface area contributed by atoms with Gasteiger partial charge in [0.15, 0.2) is 0 Å². The molecule has 0 aliphatic carbocycles. The van der Waals surface area contributed by atoms with Crippen LogP contribution >= 0.6 is 0 Å². The second-order valence-electron chi connectivity index (χ2n) is 5.80. The zero-order valence-electron chi connectivity index (χ0n) is 12.1. The average Bonchev–Trinajstić information content (AvgIpc) is 2.13. The lowest BCUT2D eigenvalue weighted by molar-refractivity contribution is -0.150. The smallest absolute Gasteiger partial charge is 0.316 e. The number of alkyl halides is 3. The molecule has 0 amide bonds. The number of hydrogen-bond donors (Lipinski definition) is 1. The highest BCUT2D eigenvalue weighted by Crippen LogP contribution is 2.18. The Kier molecular flexibility index (Phi) is 7.87. The van der Waals surface area contributed by atoms with E-state index in [0.717, 1.165) is 13.1 Å². The molecule has 0 aromatic heterocycles. The van der Waals surface area contributed by atoms with Crippen molar-refractivity contribution < 1.29 is 13.2 Å². The van der Waals surface area contributed by atoms with Crippen LogP contribution in [0.25, 0.3) is 0 Å². The molecule has 0 fully saturated rings. The second kappa shape index (κ2) is 8.00. The van der Waals surface area contributed by atoms with Crippen molar-refractivity contribution in [2.45, 2.75) is 46.8 Å². The van der Waals surface area contributed by atoms with Crippen LogP contribution in [0.15, 0.2) is 0 Å². The summed E-state index contributed by atoms with van der Waals surface area (Å²) in [4.78, 5) is 1.49. The van der Waals surface area contributed by atoms with E-state index in [0.29, 0.717) is 12.5 Å². The van der Waals surface area contributed by atoms with Crippen molar-refractivity contribution in [3.63, 3.8) is 0 Å². The Labute approximate surface area is 109 Å². The summed E-state index contributed by atoms with van der Waals surface area (Å²) in [6.07, 6.45) is -4.12. The third-order valence-corrected chi connectivity index (χ3v) is 2.70. The van der Waals surface area contributed by atoms with Gasteiger partial charge >= 0.3 is 6.18 Å². The monoisotopic (exact) mass is 268 g/mol. The van der Waals surface area contributed by atoms with E-state index in [9.17, 15) is 13.2 Å². The second-order valence-corrected chi connectivity index (χ2v) is 5.80. The average molecular weight is 268 g/mol. The highest BCUT2D eigenvalue weighted by atomic mass is 19.4. The van der Waals surface area contributed by atoms with Gasteiger partial charge in [-0.3, -0.25) is 4.90 Å². The van der Waals surface area contributed by atoms with Crippen molar-refractivity contribution in [3.8, 4) is 0 Å². The van der Waals surface area contributed by atoms with Crippen LogP contribution in [0, 0.1) is 11.8 Å². The molecule has 5 heteroatoms. The summed E-state index contributed by atoms with van der Waals surface area (Å²) in [5.41, 5.74) is 0. The van der Waals surface area contributed by atoms with Crippen molar-refractivity contribution in [1.82, 2.24) is 10.2 Å². The summed E-state index contributed by atoms with van der Waals surface area (Å²) in [6.45, 7) is 11.1. The molecule has 1 atom stereocenters. The van der Waals surface area contributed by atoms with Gasteiger partial charge in [-0.25, -0.2) is 0 Å². The maximum atomic E-state index is 12.4. The number of halogens is 3. The standard InChI is InChI=1S/C13H27F3N2/c1-10(2)6-17-7-12(5)8-18(11(3)4)9-13(14,15)16/h10-12,17H,6-9H2,1-5H3. The van der Waals surface area contributed by atoms with Gasteiger partial charge in [0, 0.05) is 12.6 Å². The first-order valence-electron chi connectivity index (χ1n) is 6.63. The summed E-state index contributed by atoms with van der Waals surface area (Å²) >= 11 is 0. The fraction of sp³-hybridized carbons (Fsp3) is 1.00. The molecule has 0 saturated carbocycles. The molecule has 0 aliphatic rings. The van der Waals surface area contributed by atoms with Crippen LogP contribution in [-0.4, -0.2) is 43.3 Å². The SMILES string of the molecule is CC(C)CNCC(C)CN(CC(F)(F)F)C(C)C. The molecule has 110 valence electrons. The largest absolute Gasteiger partial charge is 0.401 e. The third kappa shape index (κ3) is 9.71. The Morgan fingerprint density at radius 2 is 1.56 bits per heavy atom. The van der Waals surface area contributed by atoms with E-state index in [1.54, 1.807) is 13.8 Å². The van der Waals surface area contributed by atoms with E-state index >= 15 is 0 Å². The third-order valence-electron chi connectivity index (χ3n) is 2.70. The van der Waals surface area contributed by atoms with Crippen molar-refractivity contribution >= 4 is 0 Å². The maximum Gasteiger partial charge on any atom is 0.401 e. The lowest BCUT2D eigenvalue weighted by Crippen LogP contribution is -2.43. The summed E-state index contributed by atoms with van der Waals surface area (Å²) in [5, 5.41) is 3.28. The first-order valence-corrected chi connectivity index (χ1v) is 6.63. The molecule has 1 N–H and O–H groups in total. The molecule has 2 nitrogen and oxygen atoms in total. The van der Waals surface area contributed by atoms with Gasteiger partial charge < -0.3 is 5.32 Å². The van der Waals surface area contributed by atoms with Gasteiger partial charge in [0.2, 0.25) is 0 Å². The zero-order chi connectivity index (χ0) is 14.3. The molecule has 0 heterocycles. The first-order chi connectivity index (χ1) is 8.11. The van der Waals surface area contributed by atoms with Crippen LogP contribution in [0.2, 0.25) is 0 Å². The highest BCUT2D eigenvalue weighted by Gasteiger charge is 2.32. The molecule has 0 spiro atoms. The van der Waals surface area contributed by atoms with Gasteiger partial charge in [0.1, 0.15) is 0 Å². The van der Waals surface area contributed by atoms with E-state index in [1.807, 2.05) is 6.92 Å². The first kappa shape index (κ1) is 17.7. The number of nitrogens with one attached hydrogen (secondary N) is 1. The molecular formula is C13H27F3N2. The van der Waals surface area contributed by atoms with Crippen LogP contribution in [0.1, 0.15) is 34.6 Å². The summed E-state index contributed by atoms with van der Waals surface area (Å²) in [7, 11) is 0. The minimum Gasteiger partial charge on any atom is -0.316 e. The van der Waals surface area contributed by atoms with E-state index in [4.69, 9.17) is 0 Å². The quantitative estimate of drug-likeness (QED) is 0.727. The number of hydrogen-bond acceptors (Lipinski definition) is 2. The summed E-state index contributed by atoms with van der Waals surface area (Å²) in [6, 6.07) is -0.0841. The van der Waals surface area contributed by atoms with Crippen LogP contribution in [0.5, 0.6) is 0 Å². The predicted molar refractivity (Wildman–Crippen MR) is 69.6 cm³/mol. The fourth-order valence-corrected chi connectivity index (χ4v) is 1.77. The van der Waals surface area contributed by atoms with Gasteiger partial charge in [0.25, 0.3) is 0 Å². The van der Waals surface area contributed by atoms with Crippen molar-refractivity contribution in [3.05, 3.63) is 0 Å². The van der Waals surface area contributed by atoms with E-state index < -0.39 is 12.7 Å². The lowest BCUT2D eigenvalue weighted by Gasteiger charge is -2.30. The molecule has 0 aliphatic heterocycles. The molecule has 1 unspecified atom stereocenters. The molecule has 0 bridgehead atoms. The van der Waals surface area contributed by atoms with Gasteiger partial charge in [-0.2, -0.15) is 13.2 Å². The van der Waals surface area contributed by atoms with Gasteiger partial charge in [-0.15, -0.1) is 0 Å². The zero-order valence-corrected chi connectivity index (χ0v) is 12.1. The molecular weight excluding hydrogens is 241 g/mol. The molecule has 0 radical (unpaired) electrons. The van der Waals surface area contributed by atoms with Crippen molar-refractivity contribution in [2.24, 2.45) is 11.8 Å².